The van der Waals surface area contributed by atoms with Crippen molar-refractivity contribution in [3.8, 4) is 5.75 Å². The SMILES string of the molecule is COc1cc2c(cc1Cl)[nH]c(=O)n2C1CCNCC1.Cl. The Morgan fingerprint density at radius 3 is 2.70 bits per heavy atom. The van der Waals surface area contributed by atoms with Crippen LogP contribution < -0.4 is 15.7 Å². The molecule has 2 aromatic rings. The summed E-state index contributed by atoms with van der Waals surface area (Å²) in [6.45, 7) is 1.88. The van der Waals surface area contributed by atoms with Crippen LogP contribution >= 0.6 is 24.0 Å². The molecule has 0 atom stereocenters. The first-order chi connectivity index (χ1) is 9.20. The number of fused-ring (bicyclic) bond motifs is 1. The summed E-state index contributed by atoms with van der Waals surface area (Å²) in [5.74, 6) is 0.593. The minimum absolute atomic E-state index is 0. The van der Waals surface area contributed by atoms with Gasteiger partial charge in [-0.3, -0.25) is 4.57 Å². The molecule has 1 aromatic carbocycles. The monoisotopic (exact) mass is 317 g/mol. The third kappa shape index (κ3) is 2.53. The number of benzene rings is 1. The van der Waals surface area contributed by atoms with Gasteiger partial charge in [0.25, 0.3) is 0 Å². The zero-order chi connectivity index (χ0) is 13.4. The number of methoxy groups -OCH3 is 1. The molecule has 5 nitrogen and oxygen atoms in total. The molecule has 1 aliphatic rings. The fourth-order valence-electron chi connectivity index (χ4n) is 2.71. The number of nitrogens with one attached hydrogen (secondary N) is 2. The third-order valence-corrected chi connectivity index (χ3v) is 3.96. The number of nitrogens with zero attached hydrogens (tertiary/aromatic N) is 1. The predicted octanol–water partition coefficient (Wildman–Crippen LogP) is 2.34. The molecule has 0 aliphatic carbocycles. The van der Waals surface area contributed by atoms with Gasteiger partial charge in [-0.05, 0) is 32.0 Å². The molecule has 2 N–H and O–H groups in total. The van der Waals surface area contributed by atoms with E-state index in [0.29, 0.717) is 10.8 Å². The number of halogens is 2. The first-order valence-electron chi connectivity index (χ1n) is 6.39. The number of aromatic nitrogens is 2. The molecule has 0 bridgehead atoms. The number of ether oxygens (including phenoxy) is 1. The summed E-state index contributed by atoms with van der Waals surface area (Å²) in [4.78, 5) is 15.0. The molecule has 1 saturated heterocycles. The van der Waals surface area contributed by atoms with Crippen LogP contribution in [0.5, 0.6) is 5.75 Å². The molecule has 20 heavy (non-hydrogen) atoms. The van der Waals surface area contributed by atoms with Gasteiger partial charge in [-0.25, -0.2) is 4.79 Å². The normalized spacial score (nSPS) is 16.1. The minimum Gasteiger partial charge on any atom is -0.495 e. The van der Waals surface area contributed by atoms with Crippen LogP contribution in [0.3, 0.4) is 0 Å². The number of rotatable bonds is 2. The second-order valence-corrected chi connectivity index (χ2v) is 5.19. The Hall–Kier alpha value is -1.17. The molecule has 0 unspecified atom stereocenters. The number of H-pyrrole nitrogens is 1. The molecule has 0 spiro atoms. The van der Waals surface area contributed by atoms with Crippen LogP contribution in [0.1, 0.15) is 18.9 Å². The molecule has 0 saturated carbocycles. The predicted molar refractivity (Wildman–Crippen MR) is 82.5 cm³/mol. The standard InChI is InChI=1S/C13H16ClN3O2.ClH/c1-19-12-7-11-10(6-9(12)14)16-13(18)17(11)8-2-4-15-5-3-8;/h6-8,15H,2-5H2,1H3,(H,16,18);1H. The topological polar surface area (TPSA) is 59.1 Å². The van der Waals surface area contributed by atoms with E-state index in [1.54, 1.807) is 13.2 Å². The largest absolute Gasteiger partial charge is 0.495 e. The van der Waals surface area contributed by atoms with Crippen molar-refractivity contribution in [3.63, 3.8) is 0 Å². The zero-order valence-electron chi connectivity index (χ0n) is 11.1. The van der Waals surface area contributed by atoms with Crippen LogP contribution in [0.25, 0.3) is 11.0 Å². The highest BCUT2D eigenvalue weighted by Crippen LogP contribution is 2.30. The van der Waals surface area contributed by atoms with Crippen molar-refractivity contribution in [1.29, 1.82) is 0 Å². The lowest BCUT2D eigenvalue weighted by atomic mass is 10.1. The highest BCUT2D eigenvalue weighted by molar-refractivity contribution is 6.32. The van der Waals surface area contributed by atoms with Gasteiger partial charge >= 0.3 is 5.69 Å². The third-order valence-electron chi connectivity index (χ3n) is 3.66. The lowest BCUT2D eigenvalue weighted by Crippen LogP contribution is -2.33. The fourth-order valence-corrected chi connectivity index (χ4v) is 2.95. The number of piperidine rings is 1. The quantitative estimate of drug-likeness (QED) is 0.893. The summed E-state index contributed by atoms with van der Waals surface area (Å²) in [5, 5.41) is 3.81. The maximum atomic E-state index is 12.2. The van der Waals surface area contributed by atoms with E-state index >= 15 is 0 Å². The number of imidazole rings is 1. The molecule has 7 heteroatoms. The Kier molecular flexibility index (Phi) is 4.62. The first kappa shape index (κ1) is 15.2. The Morgan fingerprint density at radius 1 is 1.35 bits per heavy atom. The maximum absolute atomic E-state index is 12.2. The van der Waals surface area contributed by atoms with E-state index in [0.717, 1.165) is 37.0 Å². The highest BCUT2D eigenvalue weighted by Gasteiger charge is 2.20. The van der Waals surface area contributed by atoms with Crippen LogP contribution in [0.4, 0.5) is 0 Å². The van der Waals surface area contributed by atoms with E-state index in [2.05, 4.69) is 10.3 Å². The van der Waals surface area contributed by atoms with Crippen molar-refractivity contribution in [1.82, 2.24) is 14.9 Å². The smallest absolute Gasteiger partial charge is 0.326 e. The molecule has 1 aromatic heterocycles. The summed E-state index contributed by atoms with van der Waals surface area (Å²) in [5.41, 5.74) is 1.54. The van der Waals surface area contributed by atoms with Crippen molar-refractivity contribution in [2.45, 2.75) is 18.9 Å². The van der Waals surface area contributed by atoms with E-state index in [-0.39, 0.29) is 24.1 Å². The summed E-state index contributed by atoms with van der Waals surface area (Å²) in [7, 11) is 1.58. The van der Waals surface area contributed by atoms with Crippen LogP contribution in [0.2, 0.25) is 5.02 Å². The summed E-state index contributed by atoms with van der Waals surface area (Å²) < 4.78 is 7.06. The molecular formula is C13H17Cl2N3O2. The fraction of sp³-hybridized carbons (Fsp3) is 0.462. The molecule has 1 aliphatic heterocycles. The van der Waals surface area contributed by atoms with Crippen LogP contribution in [-0.2, 0) is 0 Å². The lowest BCUT2D eigenvalue weighted by Gasteiger charge is -2.23. The summed E-state index contributed by atoms with van der Waals surface area (Å²) >= 11 is 6.08. The zero-order valence-corrected chi connectivity index (χ0v) is 12.7. The van der Waals surface area contributed by atoms with Crippen LogP contribution in [0, 0.1) is 0 Å². The average molecular weight is 318 g/mol. The van der Waals surface area contributed by atoms with Crippen molar-refractivity contribution in [2.24, 2.45) is 0 Å². The van der Waals surface area contributed by atoms with E-state index in [1.807, 2.05) is 10.6 Å². The maximum Gasteiger partial charge on any atom is 0.326 e. The van der Waals surface area contributed by atoms with Crippen LogP contribution in [0.15, 0.2) is 16.9 Å². The molecule has 0 amide bonds. The van der Waals surface area contributed by atoms with Crippen LogP contribution in [-0.4, -0.2) is 29.8 Å². The summed E-state index contributed by atoms with van der Waals surface area (Å²) in [6.07, 6.45) is 1.91. The molecule has 1 fully saturated rings. The van der Waals surface area contributed by atoms with E-state index in [9.17, 15) is 4.79 Å². The van der Waals surface area contributed by atoms with E-state index in [1.165, 1.54) is 0 Å². The van der Waals surface area contributed by atoms with Crippen molar-refractivity contribution < 1.29 is 4.74 Å². The Bertz CT molecular complexity index is 659. The van der Waals surface area contributed by atoms with E-state index in [4.69, 9.17) is 16.3 Å². The van der Waals surface area contributed by atoms with Gasteiger partial charge in [0.15, 0.2) is 0 Å². The van der Waals surface area contributed by atoms with Gasteiger partial charge in [0.2, 0.25) is 0 Å². The van der Waals surface area contributed by atoms with Crippen molar-refractivity contribution >= 4 is 35.0 Å². The molecule has 2 heterocycles. The number of hydrogen-bond acceptors (Lipinski definition) is 3. The molecular weight excluding hydrogens is 301 g/mol. The Balaban J connectivity index is 0.00000147. The number of hydrogen-bond donors (Lipinski definition) is 2. The highest BCUT2D eigenvalue weighted by atomic mass is 35.5. The van der Waals surface area contributed by atoms with Gasteiger partial charge < -0.3 is 15.0 Å². The summed E-state index contributed by atoms with van der Waals surface area (Å²) in [6, 6.07) is 3.81. The van der Waals surface area contributed by atoms with Gasteiger partial charge in [0, 0.05) is 12.1 Å². The van der Waals surface area contributed by atoms with Gasteiger partial charge in [0.05, 0.1) is 23.2 Å². The first-order valence-corrected chi connectivity index (χ1v) is 6.77. The second kappa shape index (κ2) is 6.08. The minimum atomic E-state index is -0.0776. The lowest BCUT2D eigenvalue weighted by molar-refractivity contribution is 0.368. The van der Waals surface area contributed by atoms with Crippen molar-refractivity contribution in [3.05, 3.63) is 27.6 Å². The second-order valence-electron chi connectivity index (χ2n) is 4.79. The molecule has 3 rings (SSSR count). The van der Waals surface area contributed by atoms with E-state index < -0.39 is 0 Å². The average Bonchev–Trinajstić information content (AvgIpc) is 2.73. The van der Waals surface area contributed by atoms with Crippen molar-refractivity contribution in [2.75, 3.05) is 20.2 Å². The number of aromatic amines is 1. The Labute approximate surface area is 127 Å². The van der Waals surface area contributed by atoms with Gasteiger partial charge in [0.1, 0.15) is 5.75 Å². The van der Waals surface area contributed by atoms with Gasteiger partial charge in [-0.1, -0.05) is 11.6 Å². The van der Waals surface area contributed by atoms with Gasteiger partial charge in [-0.2, -0.15) is 0 Å². The van der Waals surface area contributed by atoms with Gasteiger partial charge in [-0.15, -0.1) is 12.4 Å². The molecule has 110 valence electrons. The Morgan fingerprint density at radius 2 is 2.05 bits per heavy atom. The molecule has 0 radical (unpaired) electrons.